The molecule has 0 heterocycles. The van der Waals surface area contributed by atoms with Crippen molar-refractivity contribution < 1.29 is 4.74 Å². The molecule has 0 saturated heterocycles. The van der Waals surface area contributed by atoms with E-state index in [-0.39, 0.29) is 6.04 Å². The Morgan fingerprint density at radius 2 is 1.89 bits per heavy atom. The van der Waals surface area contributed by atoms with Crippen LogP contribution in [0.1, 0.15) is 24.1 Å². The van der Waals surface area contributed by atoms with Crippen LogP contribution in [0.3, 0.4) is 0 Å². The van der Waals surface area contributed by atoms with Crippen molar-refractivity contribution in [3.63, 3.8) is 0 Å². The fraction of sp³-hybridized carbons (Fsp3) is 0.250. The molecule has 2 aromatic carbocycles. The second-order valence-electron chi connectivity index (χ2n) is 4.55. The highest BCUT2D eigenvalue weighted by Gasteiger charge is 2.08. The van der Waals surface area contributed by atoms with Crippen LogP contribution in [0, 0.1) is 0 Å². The molecule has 2 nitrogen and oxygen atoms in total. The Morgan fingerprint density at radius 1 is 1.16 bits per heavy atom. The van der Waals surface area contributed by atoms with E-state index >= 15 is 0 Å². The number of nitrogens with two attached hydrogens (primary N) is 1. The standard InChI is InChI=1S/C16H18BrNO/c1-12(18)15-11-14(17)7-8-16(15)19-10-9-13-5-3-2-4-6-13/h2-8,11-12H,9-10,18H2,1H3/t12-/m0/s1. The van der Waals surface area contributed by atoms with Crippen molar-refractivity contribution in [2.75, 3.05) is 6.61 Å². The van der Waals surface area contributed by atoms with Crippen LogP contribution in [-0.4, -0.2) is 6.61 Å². The van der Waals surface area contributed by atoms with Crippen LogP contribution in [0.15, 0.2) is 53.0 Å². The maximum Gasteiger partial charge on any atom is 0.124 e. The quantitative estimate of drug-likeness (QED) is 0.900. The smallest absolute Gasteiger partial charge is 0.124 e. The lowest BCUT2D eigenvalue weighted by molar-refractivity contribution is 0.317. The van der Waals surface area contributed by atoms with Gasteiger partial charge in [0, 0.05) is 22.5 Å². The zero-order valence-electron chi connectivity index (χ0n) is 11.0. The van der Waals surface area contributed by atoms with Gasteiger partial charge in [-0.3, -0.25) is 0 Å². The van der Waals surface area contributed by atoms with Gasteiger partial charge in [0.25, 0.3) is 0 Å². The Morgan fingerprint density at radius 3 is 2.58 bits per heavy atom. The van der Waals surface area contributed by atoms with Crippen molar-refractivity contribution in [1.29, 1.82) is 0 Å². The van der Waals surface area contributed by atoms with Gasteiger partial charge >= 0.3 is 0 Å². The molecule has 0 aliphatic heterocycles. The van der Waals surface area contributed by atoms with Crippen molar-refractivity contribution >= 4 is 15.9 Å². The highest BCUT2D eigenvalue weighted by atomic mass is 79.9. The average Bonchev–Trinajstić information content (AvgIpc) is 2.41. The van der Waals surface area contributed by atoms with Gasteiger partial charge in [-0.15, -0.1) is 0 Å². The summed E-state index contributed by atoms with van der Waals surface area (Å²) in [6, 6.07) is 16.2. The third-order valence-electron chi connectivity index (χ3n) is 2.95. The van der Waals surface area contributed by atoms with E-state index in [9.17, 15) is 0 Å². The maximum atomic E-state index is 5.97. The number of hydrogen-bond donors (Lipinski definition) is 1. The maximum absolute atomic E-state index is 5.97. The third-order valence-corrected chi connectivity index (χ3v) is 3.45. The van der Waals surface area contributed by atoms with Crippen molar-refractivity contribution in [1.82, 2.24) is 0 Å². The molecule has 0 aliphatic rings. The lowest BCUT2D eigenvalue weighted by Gasteiger charge is -2.14. The SMILES string of the molecule is C[C@H](N)c1cc(Br)ccc1OCCc1ccccc1. The molecule has 2 aromatic rings. The number of ether oxygens (including phenoxy) is 1. The van der Waals surface area contributed by atoms with Gasteiger partial charge in [-0.2, -0.15) is 0 Å². The summed E-state index contributed by atoms with van der Waals surface area (Å²) in [5.74, 6) is 0.870. The van der Waals surface area contributed by atoms with Crippen molar-refractivity contribution in [2.45, 2.75) is 19.4 Å². The van der Waals surface area contributed by atoms with Gasteiger partial charge in [0.1, 0.15) is 5.75 Å². The Hall–Kier alpha value is -1.32. The summed E-state index contributed by atoms with van der Waals surface area (Å²) < 4.78 is 6.88. The van der Waals surface area contributed by atoms with Gasteiger partial charge in [-0.1, -0.05) is 46.3 Å². The minimum Gasteiger partial charge on any atom is -0.493 e. The molecule has 2 rings (SSSR count). The van der Waals surface area contributed by atoms with Crippen molar-refractivity contribution in [2.24, 2.45) is 5.73 Å². The van der Waals surface area contributed by atoms with Gasteiger partial charge in [0.2, 0.25) is 0 Å². The van der Waals surface area contributed by atoms with Crippen LogP contribution in [0.2, 0.25) is 0 Å². The second kappa shape index (κ2) is 6.73. The van der Waals surface area contributed by atoms with E-state index in [1.54, 1.807) is 0 Å². The molecule has 0 unspecified atom stereocenters. The van der Waals surface area contributed by atoms with Crippen LogP contribution >= 0.6 is 15.9 Å². The monoisotopic (exact) mass is 319 g/mol. The molecule has 19 heavy (non-hydrogen) atoms. The van der Waals surface area contributed by atoms with E-state index in [0.29, 0.717) is 6.61 Å². The number of halogens is 1. The lowest BCUT2D eigenvalue weighted by atomic mass is 10.1. The molecular weight excluding hydrogens is 302 g/mol. The van der Waals surface area contributed by atoms with Crippen LogP contribution in [0.25, 0.3) is 0 Å². The van der Waals surface area contributed by atoms with Gasteiger partial charge in [0.05, 0.1) is 6.61 Å². The summed E-state index contributed by atoms with van der Waals surface area (Å²) in [6.45, 7) is 2.62. The normalized spacial score (nSPS) is 12.2. The zero-order chi connectivity index (χ0) is 13.7. The third kappa shape index (κ3) is 4.08. The molecule has 0 amide bonds. The topological polar surface area (TPSA) is 35.2 Å². The first kappa shape index (κ1) is 14.1. The summed E-state index contributed by atoms with van der Waals surface area (Å²) in [5, 5.41) is 0. The molecule has 0 saturated carbocycles. The zero-order valence-corrected chi connectivity index (χ0v) is 12.6. The van der Waals surface area contributed by atoms with Crippen molar-refractivity contribution in [3.05, 3.63) is 64.1 Å². The van der Waals surface area contributed by atoms with E-state index in [4.69, 9.17) is 10.5 Å². The minimum atomic E-state index is -0.0378. The first-order valence-electron chi connectivity index (χ1n) is 6.38. The number of benzene rings is 2. The molecule has 100 valence electrons. The van der Waals surface area contributed by atoms with Gasteiger partial charge in [-0.25, -0.2) is 0 Å². The second-order valence-corrected chi connectivity index (χ2v) is 5.47. The molecule has 0 radical (unpaired) electrons. The van der Waals surface area contributed by atoms with E-state index in [1.807, 2.05) is 43.3 Å². The average molecular weight is 320 g/mol. The highest BCUT2D eigenvalue weighted by molar-refractivity contribution is 9.10. The lowest BCUT2D eigenvalue weighted by Crippen LogP contribution is -2.09. The highest BCUT2D eigenvalue weighted by Crippen LogP contribution is 2.27. The molecule has 0 aromatic heterocycles. The molecule has 0 aliphatic carbocycles. The van der Waals surface area contributed by atoms with E-state index in [0.717, 1.165) is 22.2 Å². The molecule has 1 atom stereocenters. The Kier molecular flexibility index (Phi) is 5.00. The fourth-order valence-corrected chi connectivity index (χ4v) is 2.31. The Balaban J connectivity index is 2.00. The van der Waals surface area contributed by atoms with Crippen LogP contribution < -0.4 is 10.5 Å². The molecule has 0 fully saturated rings. The number of rotatable bonds is 5. The summed E-state index contributed by atoms with van der Waals surface area (Å²) >= 11 is 3.46. The molecule has 0 bridgehead atoms. The summed E-state index contributed by atoms with van der Waals surface area (Å²) in [5.41, 5.74) is 8.28. The fourth-order valence-electron chi connectivity index (χ4n) is 1.93. The molecular formula is C16H18BrNO. The van der Waals surface area contributed by atoms with Crippen LogP contribution in [-0.2, 0) is 6.42 Å². The predicted molar refractivity (Wildman–Crippen MR) is 82.4 cm³/mol. The van der Waals surface area contributed by atoms with Crippen LogP contribution in [0.4, 0.5) is 0 Å². The van der Waals surface area contributed by atoms with Gasteiger partial charge < -0.3 is 10.5 Å². The largest absolute Gasteiger partial charge is 0.493 e. The van der Waals surface area contributed by atoms with Gasteiger partial charge in [0.15, 0.2) is 0 Å². The molecule has 3 heteroatoms. The van der Waals surface area contributed by atoms with E-state index < -0.39 is 0 Å². The van der Waals surface area contributed by atoms with Gasteiger partial charge in [-0.05, 0) is 30.7 Å². The summed E-state index contributed by atoms with van der Waals surface area (Å²) in [6.07, 6.45) is 0.898. The summed E-state index contributed by atoms with van der Waals surface area (Å²) in [7, 11) is 0. The first-order valence-corrected chi connectivity index (χ1v) is 7.18. The summed E-state index contributed by atoms with van der Waals surface area (Å²) in [4.78, 5) is 0. The predicted octanol–water partition coefficient (Wildman–Crippen LogP) is 4.09. The molecule has 2 N–H and O–H groups in total. The van der Waals surface area contributed by atoms with E-state index in [1.165, 1.54) is 5.56 Å². The van der Waals surface area contributed by atoms with E-state index in [2.05, 4.69) is 28.1 Å². The van der Waals surface area contributed by atoms with Crippen molar-refractivity contribution in [3.8, 4) is 5.75 Å². The Labute approximate surface area is 122 Å². The van der Waals surface area contributed by atoms with Crippen LogP contribution in [0.5, 0.6) is 5.75 Å². The Bertz CT molecular complexity index is 526. The number of hydrogen-bond acceptors (Lipinski definition) is 2. The minimum absolute atomic E-state index is 0.0378. The first-order chi connectivity index (χ1) is 9.16. The molecule has 0 spiro atoms.